The number of hydrogen-bond acceptors (Lipinski definition) is 7. The molecule has 1 aliphatic heterocycles. The lowest BCUT2D eigenvalue weighted by Crippen LogP contribution is -2.35. The summed E-state index contributed by atoms with van der Waals surface area (Å²) < 4.78 is 0.579. The van der Waals surface area contributed by atoms with Gasteiger partial charge in [-0.2, -0.15) is 0 Å². The summed E-state index contributed by atoms with van der Waals surface area (Å²) in [6.07, 6.45) is 1.27. The van der Waals surface area contributed by atoms with Crippen LogP contribution in [0.5, 0.6) is 0 Å². The lowest BCUT2D eigenvalue weighted by molar-refractivity contribution is -0.116. The van der Waals surface area contributed by atoms with Crippen LogP contribution in [0.2, 0.25) is 4.34 Å². The first-order chi connectivity index (χ1) is 16.7. The summed E-state index contributed by atoms with van der Waals surface area (Å²) in [5.74, 6) is -1.69. The third kappa shape index (κ3) is 6.83. The minimum Gasteiger partial charge on any atom is -0.478 e. The number of rotatable bonds is 8. The number of aromatic carboxylic acids is 1. The van der Waals surface area contributed by atoms with Gasteiger partial charge in [-0.25, -0.2) is 9.78 Å². The van der Waals surface area contributed by atoms with Crippen molar-refractivity contribution < 1.29 is 19.5 Å². The van der Waals surface area contributed by atoms with Crippen molar-refractivity contribution in [3.8, 4) is 0 Å². The second-order valence-corrected chi connectivity index (χ2v) is 11.3. The van der Waals surface area contributed by atoms with Crippen LogP contribution < -0.4 is 10.6 Å². The van der Waals surface area contributed by atoms with Crippen LogP contribution >= 0.6 is 46.7 Å². The minimum atomic E-state index is -1.10. The maximum absolute atomic E-state index is 13.0. The molecule has 1 aromatic carbocycles. The molecule has 0 saturated carbocycles. The average molecular weight is 570 g/mol. The molecule has 12 heteroatoms. The van der Waals surface area contributed by atoms with Gasteiger partial charge in [0.2, 0.25) is 5.91 Å². The van der Waals surface area contributed by atoms with Crippen molar-refractivity contribution in [1.29, 1.82) is 0 Å². The number of benzene rings is 1. The number of nitrogens with zero attached hydrogens (tertiary/aromatic N) is 2. The van der Waals surface area contributed by atoms with E-state index in [4.69, 9.17) is 11.6 Å². The van der Waals surface area contributed by atoms with Gasteiger partial charge in [-0.15, -0.1) is 35.1 Å². The molecule has 0 saturated heterocycles. The SMILES string of the molecule is CC(C)N1CCc2nc(C(=O)Nc3cc(C(=O)O)ccc3CCC(=O)Nc3ccc(Cl)s3)sc2C1.Cl. The molecular weight excluding hydrogens is 543 g/mol. The Labute approximate surface area is 228 Å². The van der Waals surface area contributed by atoms with Gasteiger partial charge in [-0.05, 0) is 50.1 Å². The van der Waals surface area contributed by atoms with Crippen LogP contribution in [0, 0.1) is 0 Å². The first-order valence-electron chi connectivity index (χ1n) is 11.1. The van der Waals surface area contributed by atoms with E-state index < -0.39 is 5.97 Å². The van der Waals surface area contributed by atoms with Gasteiger partial charge in [0, 0.05) is 42.5 Å². The van der Waals surface area contributed by atoms with E-state index in [0.717, 1.165) is 30.1 Å². The number of thiophene rings is 1. The quantitative estimate of drug-likeness (QED) is 0.327. The highest BCUT2D eigenvalue weighted by molar-refractivity contribution is 7.20. The Morgan fingerprint density at radius 2 is 1.94 bits per heavy atom. The number of nitrogens with one attached hydrogen (secondary N) is 2. The van der Waals surface area contributed by atoms with Crippen molar-refractivity contribution in [3.05, 3.63) is 61.4 Å². The number of aromatic nitrogens is 1. The normalized spacial score (nSPS) is 13.1. The third-order valence-electron chi connectivity index (χ3n) is 5.75. The van der Waals surface area contributed by atoms with Crippen LogP contribution in [-0.2, 0) is 24.2 Å². The lowest BCUT2D eigenvalue weighted by atomic mass is 10.0. The molecule has 192 valence electrons. The number of carboxylic acids is 1. The highest BCUT2D eigenvalue weighted by Gasteiger charge is 2.25. The molecule has 0 aliphatic carbocycles. The summed E-state index contributed by atoms with van der Waals surface area (Å²) in [5.41, 5.74) is 2.02. The summed E-state index contributed by atoms with van der Waals surface area (Å²) in [5, 5.41) is 16.0. The summed E-state index contributed by atoms with van der Waals surface area (Å²) >= 11 is 8.54. The van der Waals surface area contributed by atoms with Crippen molar-refractivity contribution in [3.63, 3.8) is 0 Å². The maximum atomic E-state index is 13.0. The van der Waals surface area contributed by atoms with Crippen molar-refractivity contribution in [2.45, 2.75) is 45.7 Å². The second-order valence-electron chi connectivity index (χ2n) is 8.49. The molecule has 8 nitrogen and oxygen atoms in total. The largest absolute Gasteiger partial charge is 0.478 e. The predicted octanol–water partition coefficient (Wildman–Crippen LogP) is 5.57. The van der Waals surface area contributed by atoms with Gasteiger partial charge < -0.3 is 15.7 Å². The molecule has 2 aromatic heterocycles. The van der Waals surface area contributed by atoms with Crippen molar-refractivity contribution >= 4 is 75.2 Å². The average Bonchev–Trinajstić information content (AvgIpc) is 3.43. The van der Waals surface area contributed by atoms with E-state index in [1.54, 1.807) is 18.2 Å². The van der Waals surface area contributed by atoms with Crippen LogP contribution in [0.15, 0.2) is 30.3 Å². The molecule has 3 N–H and O–H groups in total. The van der Waals surface area contributed by atoms with E-state index in [2.05, 4.69) is 34.4 Å². The van der Waals surface area contributed by atoms with Gasteiger partial charge in [-0.3, -0.25) is 14.5 Å². The molecule has 0 spiro atoms. The van der Waals surface area contributed by atoms with E-state index in [-0.39, 0.29) is 36.2 Å². The van der Waals surface area contributed by atoms with Crippen LogP contribution in [0.3, 0.4) is 0 Å². The van der Waals surface area contributed by atoms with Crippen LogP contribution in [0.25, 0.3) is 0 Å². The number of fused-ring (bicyclic) bond motifs is 1. The first-order valence-corrected chi connectivity index (χ1v) is 13.2. The zero-order chi connectivity index (χ0) is 25.1. The Morgan fingerprint density at radius 3 is 2.61 bits per heavy atom. The predicted molar refractivity (Wildman–Crippen MR) is 146 cm³/mol. The third-order valence-corrected chi connectivity index (χ3v) is 7.98. The summed E-state index contributed by atoms with van der Waals surface area (Å²) in [6, 6.07) is 8.36. The zero-order valence-electron chi connectivity index (χ0n) is 19.7. The van der Waals surface area contributed by atoms with E-state index in [1.807, 2.05) is 0 Å². The Bertz CT molecular complexity index is 1270. The summed E-state index contributed by atoms with van der Waals surface area (Å²) in [6.45, 7) is 5.96. The topological polar surface area (TPSA) is 112 Å². The maximum Gasteiger partial charge on any atom is 0.335 e. The van der Waals surface area contributed by atoms with E-state index in [1.165, 1.54) is 34.8 Å². The Kier molecular flexibility index (Phi) is 9.48. The fourth-order valence-electron chi connectivity index (χ4n) is 3.80. The Balaban J connectivity index is 0.00000361. The number of thiazole rings is 1. The van der Waals surface area contributed by atoms with Gasteiger partial charge >= 0.3 is 5.97 Å². The molecule has 3 aromatic rings. The molecule has 2 amide bonds. The number of carboxylic acid groups (broad SMARTS) is 1. The molecule has 0 atom stereocenters. The van der Waals surface area contributed by atoms with Gasteiger partial charge in [0.1, 0.15) is 0 Å². The smallest absolute Gasteiger partial charge is 0.335 e. The summed E-state index contributed by atoms with van der Waals surface area (Å²) in [4.78, 5) is 44.9. The van der Waals surface area contributed by atoms with Crippen molar-refractivity contribution in [1.82, 2.24) is 9.88 Å². The zero-order valence-corrected chi connectivity index (χ0v) is 22.9. The summed E-state index contributed by atoms with van der Waals surface area (Å²) in [7, 11) is 0. The molecule has 3 heterocycles. The first kappa shape index (κ1) is 28.1. The van der Waals surface area contributed by atoms with Crippen LogP contribution in [0.1, 0.15) is 56.6 Å². The van der Waals surface area contributed by atoms with Crippen LogP contribution in [0.4, 0.5) is 10.7 Å². The van der Waals surface area contributed by atoms with Crippen LogP contribution in [-0.4, -0.2) is 45.4 Å². The van der Waals surface area contributed by atoms with E-state index in [0.29, 0.717) is 38.1 Å². The fourth-order valence-corrected chi connectivity index (χ4v) is 5.79. The van der Waals surface area contributed by atoms with E-state index in [9.17, 15) is 19.5 Å². The number of halogens is 2. The fraction of sp³-hybridized carbons (Fsp3) is 0.333. The number of anilines is 2. The highest BCUT2D eigenvalue weighted by Crippen LogP contribution is 2.29. The number of carbonyl (C=O) groups excluding carboxylic acids is 2. The second kappa shape index (κ2) is 12.2. The molecule has 0 fully saturated rings. The van der Waals surface area contributed by atoms with Crippen molar-refractivity contribution in [2.75, 3.05) is 17.2 Å². The standard InChI is InChI=1S/C24H25ClN4O4S2.ClH/c1-13(2)29-10-9-16-18(12-29)34-23(27-16)22(31)26-17-11-15(24(32)33)4-3-14(17)5-7-20(30)28-21-8-6-19(25)35-21;/h3-4,6,8,11,13H,5,7,9-10,12H2,1-2H3,(H,26,31)(H,28,30)(H,32,33);1H. The molecular formula is C24H26Cl2N4O4S2. The molecule has 4 rings (SSSR count). The Morgan fingerprint density at radius 1 is 1.17 bits per heavy atom. The molecule has 36 heavy (non-hydrogen) atoms. The monoisotopic (exact) mass is 568 g/mol. The number of aryl methyl sites for hydroxylation is 1. The molecule has 0 unspecified atom stereocenters. The van der Waals surface area contributed by atoms with Gasteiger partial charge in [-0.1, -0.05) is 17.7 Å². The van der Waals surface area contributed by atoms with Gasteiger partial charge in [0.05, 0.1) is 20.6 Å². The number of hydrogen-bond donors (Lipinski definition) is 3. The van der Waals surface area contributed by atoms with Gasteiger partial charge in [0.25, 0.3) is 5.91 Å². The van der Waals surface area contributed by atoms with Gasteiger partial charge in [0.15, 0.2) is 5.01 Å². The molecule has 0 radical (unpaired) electrons. The highest BCUT2D eigenvalue weighted by atomic mass is 35.5. The minimum absolute atomic E-state index is 0. The van der Waals surface area contributed by atoms with E-state index >= 15 is 0 Å². The van der Waals surface area contributed by atoms with Crippen molar-refractivity contribution in [2.24, 2.45) is 0 Å². The molecule has 0 bridgehead atoms. The number of amides is 2. The number of carbonyl (C=O) groups is 3. The lowest BCUT2D eigenvalue weighted by Gasteiger charge is -2.29. The Hall–Kier alpha value is -2.50. The molecule has 1 aliphatic rings.